The Hall–Kier alpha value is -1.49. The highest BCUT2D eigenvalue weighted by atomic mass is 16.5. The molecule has 0 amide bonds. The zero-order valence-corrected chi connectivity index (χ0v) is 17.1. The normalized spacial score (nSPS) is 30.5. The lowest BCUT2D eigenvalue weighted by Crippen LogP contribution is -2.29. The fourth-order valence-electron chi connectivity index (χ4n) is 5.15. The largest absolute Gasteiger partial charge is 0.481 e. The minimum atomic E-state index is -0.727. The summed E-state index contributed by atoms with van der Waals surface area (Å²) < 4.78 is 6.15. The lowest BCUT2D eigenvalue weighted by molar-refractivity contribution is -0.137. The molecule has 3 fully saturated rings. The van der Waals surface area contributed by atoms with E-state index >= 15 is 0 Å². The van der Waals surface area contributed by atoms with Crippen molar-refractivity contribution in [1.82, 2.24) is 0 Å². The lowest BCUT2D eigenvalue weighted by Gasteiger charge is -2.26. The van der Waals surface area contributed by atoms with E-state index in [2.05, 4.69) is 12.2 Å². The van der Waals surface area contributed by atoms with E-state index in [-0.39, 0.29) is 12.3 Å². The Labute approximate surface area is 168 Å². The van der Waals surface area contributed by atoms with E-state index in [1.807, 2.05) is 6.92 Å². The summed E-state index contributed by atoms with van der Waals surface area (Å²) in [5, 5.41) is 8.69. The maximum absolute atomic E-state index is 12.4. The summed E-state index contributed by atoms with van der Waals surface area (Å²) in [4.78, 5) is 27.7. The summed E-state index contributed by atoms with van der Waals surface area (Å²) in [5.41, 5.74) is 0.975. The molecule has 1 aliphatic carbocycles. The van der Waals surface area contributed by atoms with Crippen LogP contribution in [0.25, 0.3) is 0 Å². The van der Waals surface area contributed by atoms with E-state index in [1.54, 1.807) is 0 Å². The predicted octanol–water partition coefficient (Wildman–Crippen LogP) is 4.59. The van der Waals surface area contributed by atoms with Crippen LogP contribution in [0.3, 0.4) is 0 Å². The fraction of sp³-hybridized carbons (Fsp3) is 0.783. The molecule has 3 aliphatic rings. The number of fused-ring (bicyclic) bond motifs is 2. The number of ketones is 1. The second-order valence-electron chi connectivity index (χ2n) is 8.81. The van der Waals surface area contributed by atoms with E-state index in [1.165, 1.54) is 12.8 Å². The number of carbonyl (C=O) groups is 2. The Balaban J connectivity index is 1.46. The molecule has 2 heterocycles. The highest BCUT2D eigenvalue weighted by molar-refractivity contribution is 6.01. The van der Waals surface area contributed by atoms with Gasteiger partial charge in [-0.1, -0.05) is 25.0 Å². The Kier molecular flexibility index (Phi) is 7.83. The third-order valence-electron chi connectivity index (χ3n) is 6.74. The minimum Gasteiger partial charge on any atom is -0.481 e. The molecule has 0 aromatic rings. The number of nitrogens with zero attached hydrogens (tertiary/aromatic N) is 1. The number of unbranched alkanes of at least 4 members (excludes halogenated alkanes) is 1. The van der Waals surface area contributed by atoms with Crippen molar-refractivity contribution in [1.29, 1.82) is 0 Å². The summed E-state index contributed by atoms with van der Waals surface area (Å²) in [5.74, 6) is 0.865. The van der Waals surface area contributed by atoms with Gasteiger partial charge in [0.15, 0.2) is 0 Å². The van der Waals surface area contributed by atoms with Crippen LogP contribution in [0.1, 0.15) is 77.6 Å². The van der Waals surface area contributed by atoms with Crippen molar-refractivity contribution < 1.29 is 19.4 Å². The number of carboxylic acids is 1. The van der Waals surface area contributed by atoms with E-state index < -0.39 is 5.97 Å². The molecule has 1 N–H and O–H groups in total. The first-order valence-corrected chi connectivity index (χ1v) is 11.1. The average Bonchev–Trinajstić information content (AvgIpc) is 3.40. The lowest BCUT2D eigenvalue weighted by atomic mass is 9.77. The molecule has 156 valence electrons. The van der Waals surface area contributed by atoms with Crippen LogP contribution in [0.2, 0.25) is 0 Å². The molecule has 3 rings (SSSR count). The van der Waals surface area contributed by atoms with E-state index in [0.717, 1.165) is 50.8 Å². The smallest absolute Gasteiger partial charge is 0.303 e. The van der Waals surface area contributed by atoms with E-state index in [0.29, 0.717) is 42.7 Å². The van der Waals surface area contributed by atoms with Gasteiger partial charge >= 0.3 is 5.97 Å². The first-order chi connectivity index (χ1) is 13.5. The summed E-state index contributed by atoms with van der Waals surface area (Å²) in [6.07, 6.45) is 15.0. The zero-order valence-electron chi connectivity index (χ0n) is 17.1. The number of Topliss-reactive ketones (excluding diaryl/α,β-unsaturated/α-hetero) is 1. The molecule has 4 atom stereocenters. The maximum Gasteiger partial charge on any atom is 0.303 e. The molecule has 28 heavy (non-hydrogen) atoms. The molecule has 0 aromatic heterocycles. The molecule has 5 nitrogen and oxygen atoms in total. The average molecular weight is 390 g/mol. The van der Waals surface area contributed by atoms with Gasteiger partial charge in [0.2, 0.25) is 0 Å². The number of allylic oxidation sites excluding steroid dienone is 2. The van der Waals surface area contributed by atoms with Gasteiger partial charge in [0.05, 0.1) is 12.2 Å². The van der Waals surface area contributed by atoms with Crippen LogP contribution in [0.15, 0.2) is 17.1 Å². The van der Waals surface area contributed by atoms with Gasteiger partial charge in [-0.3, -0.25) is 14.6 Å². The molecule has 0 unspecified atom stereocenters. The maximum atomic E-state index is 12.4. The third kappa shape index (κ3) is 5.76. The van der Waals surface area contributed by atoms with Gasteiger partial charge in [0, 0.05) is 36.9 Å². The van der Waals surface area contributed by atoms with Gasteiger partial charge in [-0.05, 0) is 57.8 Å². The number of carbonyl (C=O) groups excluding carboxylic acids is 1. The number of aliphatic carboxylic acids is 1. The Bertz CT molecular complexity index is 606. The number of carboxylic acid groups (broad SMARTS) is 1. The summed E-state index contributed by atoms with van der Waals surface area (Å²) in [7, 11) is 0. The van der Waals surface area contributed by atoms with Crippen molar-refractivity contribution in [2.45, 2.75) is 89.8 Å². The monoisotopic (exact) mass is 389 g/mol. The SMILES string of the molecule is CC(CC(=O)C1CCCC1)=NC[C@@H]1[C@H](CC=CCCCC(=O)O)[C@@H]2CC[C@H]1O2. The van der Waals surface area contributed by atoms with Crippen molar-refractivity contribution >= 4 is 17.5 Å². The number of ether oxygens (including phenoxy) is 1. The first kappa shape index (κ1) is 21.2. The highest BCUT2D eigenvalue weighted by Crippen LogP contribution is 2.45. The van der Waals surface area contributed by atoms with Crippen molar-refractivity contribution in [3.05, 3.63) is 12.2 Å². The van der Waals surface area contributed by atoms with Crippen molar-refractivity contribution in [2.24, 2.45) is 22.7 Å². The second kappa shape index (κ2) is 10.3. The summed E-state index contributed by atoms with van der Waals surface area (Å²) >= 11 is 0. The zero-order chi connectivity index (χ0) is 19.9. The minimum absolute atomic E-state index is 0.234. The topological polar surface area (TPSA) is 76.0 Å². The Morgan fingerprint density at radius 1 is 1.07 bits per heavy atom. The number of aliphatic imine (C=N–C) groups is 1. The number of rotatable bonds is 11. The molecule has 0 radical (unpaired) electrons. The van der Waals surface area contributed by atoms with Crippen molar-refractivity contribution in [3.63, 3.8) is 0 Å². The van der Waals surface area contributed by atoms with Crippen LogP contribution < -0.4 is 0 Å². The predicted molar refractivity (Wildman–Crippen MR) is 110 cm³/mol. The van der Waals surface area contributed by atoms with Crippen molar-refractivity contribution in [3.8, 4) is 0 Å². The van der Waals surface area contributed by atoms with Crippen molar-refractivity contribution in [2.75, 3.05) is 6.54 Å². The molecule has 5 heteroatoms. The molecule has 0 spiro atoms. The van der Waals surface area contributed by atoms with Crippen LogP contribution >= 0.6 is 0 Å². The summed E-state index contributed by atoms with van der Waals surface area (Å²) in [6, 6.07) is 0. The van der Waals surface area contributed by atoms with Gasteiger partial charge in [0.25, 0.3) is 0 Å². The highest BCUT2D eigenvalue weighted by Gasteiger charge is 2.47. The van der Waals surface area contributed by atoms with Crippen LogP contribution in [0, 0.1) is 17.8 Å². The third-order valence-corrected chi connectivity index (χ3v) is 6.74. The van der Waals surface area contributed by atoms with Gasteiger partial charge in [0.1, 0.15) is 5.78 Å². The molecular weight excluding hydrogens is 354 g/mol. The van der Waals surface area contributed by atoms with E-state index in [9.17, 15) is 9.59 Å². The number of hydrogen-bond acceptors (Lipinski definition) is 4. The van der Waals surface area contributed by atoms with Crippen LogP contribution in [0.5, 0.6) is 0 Å². The molecule has 0 aromatic carbocycles. The Morgan fingerprint density at radius 3 is 2.50 bits per heavy atom. The van der Waals surface area contributed by atoms with Crippen LogP contribution in [-0.4, -0.2) is 41.3 Å². The van der Waals surface area contributed by atoms with Gasteiger partial charge in [-0.2, -0.15) is 0 Å². The molecule has 2 aliphatic heterocycles. The fourth-order valence-corrected chi connectivity index (χ4v) is 5.15. The summed E-state index contributed by atoms with van der Waals surface area (Å²) in [6.45, 7) is 2.76. The Morgan fingerprint density at radius 2 is 1.79 bits per heavy atom. The first-order valence-electron chi connectivity index (χ1n) is 11.1. The second-order valence-corrected chi connectivity index (χ2v) is 8.81. The van der Waals surface area contributed by atoms with Gasteiger partial charge < -0.3 is 9.84 Å². The van der Waals surface area contributed by atoms with E-state index in [4.69, 9.17) is 14.8 Å². The quantitative estimate of drug-likeness (QED) is 0.318. The van der Waals surface area contributed by atoms with Gasteiger partial charge in [-0.15, -0.1) is 0 Å². The van der Waals surface area contributed by atoms with Crippen LogP contribution in [0.4, 0.5) is 0 Å². The van der Waals surface area contributed by atoms with Crippen LogP contribution in [-0.2, 0) is 14.3 Å². The standard InChI is InChI=1S/C23H35NO4/c1-16(14-20(25)17-8-6-7-9-17)24-15-19-18(21-12-13-22(19)28-21)10-4-2-3-5-11-23(26)27/h2,4,17-19,21-22H,3,5-15H2,1H3,(H,26,27)/t18-,19+,21-,22+/m0/s1. The molecule has 1 saturated carbocycles. The van der Waals surface area contributed by atoms with Gasteiger partial charge in [-0.25, -0.2) is 0 Å². The molecule has 2 bridgehead atoms. The molecular formula is C23H35NO4. The number of hydrogen-bond donors (Lipinski definition) is 1. The molecule has 2 saturated heterocycles.